The molecule has 2 aromatic carbocycles. The number of amides is 2. The van der Waals surface area contributed by atoms with Crippen molar-refractivity contribution >= 4 is 34.0 Å². The smallest absolute Gasteiger partial charge is 0.259 e. The lowest BCUT2D eigenvalue weighted by atomic mass is 10.1. The Hall–Kier alpha value is -3.26. The Morgan fingerprint density at radius 3 is 2.39 bits per heavy atom. The van der Waals surface area contributed by atoms with E-state index in [0.717, 1.165) is 11.4 Å². The van der Waals surface area contributed by atoms with E-state index >= 15 is 0 Å². The van der Waals surface area contributed by atoms with Crippen LogP contribution in [0.15, 0.2) is 48.5 Å². The van der Waals surface area contributed by atoms with Crippen LogP contribution < -0.4 is 15.4 Å². The summed E-state index contributed by atoms with van der Waals surface area (Å²) >= 11 is 1.32. The van der Waals surface area contributed by atoms with Crippen LogP contribution in [-0.2, 0) is 6.42 Å². The summed E-state index contributed by atoms with van der Waals surface area (Å²) in [7, 11) is 0. The van der Waals surface area contributed by atoms with E-state index in [0.29, 0.717) is 34.3 Å². The number of hydrogen-bond donors (Lipinski definition) is 2. The van der Waals surface area contributed by atoms with E-state index in [2.05, 4.69) is 20.8 Å². The van der Waals surface area contributed by atoms with E-state index in [1.54, 1.807) is 48.5 Å². The molecule has 0 aliphatic heterocycles. The minimum absolute atomic E-state index is 0.313. The lowest BCUT2D eigenvalue weighted by Gasteiger charge is -2.11. The SMILES string of the molecule is CCOc1ccc(C(=O)Nc2ccccc2C(=O)Nc2nnc(CC)s2)cc1. The summed E-state index contributed by atoms with van der Waals surface area (Å²) in [6, 6.07) is 13.6. The van der Waals surface area contributed by atoms with E-state index in [1.807, 2.05) is 13.8 Å². The maximum absolute atomic E-state index is 12.6. The van der Waals surface area contributed by atoms with Crippen LogP contribution in [0.1, 0.15) is 39.6 Å². The average molecular weight is 396 g/mol. The predicted molar refractivity (Wildman–Crippen MR) is 109 cm³/mol. The van der Waals surface area contributed by atoms with E-state index in [-0.39, 0.29) is 11.8 Å². The van der Waals surface area contributed by atoms with Crippen molar-refractivity contribution in [3.05, 3.63) is 64.7 Å². The van der Waals surface area contributed by atoms with E-state index in [9.17, 15) is 9.59 Å². The molecule has 8 heteroatoms. The molecule has 0 aliphatic rings. The fourth-order valence-electron chi connectivity index (χ4n) is 2.47. The number of ether oxygens (including phenoxy) is 1. The normalized spacial score (nSPS) is 10.4. The zero-order valence-electron chi connectivity index (χ0n) is 15.6. The third-order valence-electron chi connectivity index (χ3n) is 3.84. The molecule has 2 N–H and O–H groups in total. The van der Waals surface area contributed by atoms with Crippen molar-refractivity contribution in [1.82, 2.24) is 10.2 Å². The number of rotatable bonds is 7. The Labute approximate surface area is 166 Å². The molecule has 0 unspecified atom stereocenters. The third-order valence-corrected chi connectivity index (χ3v) is 4.82. The fraction of sp³-hybridized carbons (Fsp3) is 0.200. The number of anilines is 2. The summed E-state index contributed by atoms with van der Waals surface area (Å²) in [5.41, 5.74) is 1.23. The Kier molecular flexibility index (Phi) is 6.33. The minimum Gasteiger partial charge on any atom is -0.494 e. The second-order valence-corrected chi connectivity index (χ2v) is 6.83. The Morgan fingerprint density at radius 1 is 0.964 bits per heavy atom. The molecule has 0 radical (unpaired) electrons. The highest BCUT2D eigenvalue weighted by Gasteiger charge is 2.16. The first-order valence-electron chi connectivity index (χ1n) is 8.87. The van der Waals surface area contributed by atoms with E-state index < -0.39 is 0 Å². The van der Waals surface area contributed by atoms with Gasteiger partial charge >= 0.3 is 0 Å². The summed E-state index contributed by atoms with van der Waals surface area (Å²) in [6.07, 6.45) is 0.752. The largest absolute Gasteiger partial charge is 0.494 e. The Morgan fingerprint density at radius 2 is 1.71 bits per heavy atom. The minimum atomic E-state index is -0.360. The summed E-state index contributed by atoms with van der Waals surface area (Å²) in [5.74, 6) is 0.0243. The average Bonchev–Trinajstić information content (AvgIpc) is 3.16. The van der Waals surface area contributed by atoms with Crippen molar-refractivity contribution in [3.63, 3.8) is 0 Å². The number of hydrogen-bond acceptors (Lipinski definition) is 6. The number of aromatic nitrogens is 2. The van der Waals surface area contributed by atoms with Crippen molar-refractivity contribution in [3.8, 4) is 5.75 Å². The second kappa shape index (κ2) is 9.09. The van der Waals surface area contributed by atoms with Crippen LogP contribution in [0.25, 0.3) is 0 Å². The van der Waals surface area contributed by atoms with Crippen molar-refractivity contribution in [1.29, 1.82) is 0 Å². The van der Waals surface area contributed by atoms with Crippen LogP contribution in [0.2, 0.25) is 0 Å². The quantitative estimate of drug-likeness (QED) is 0.629. The van der Waals surface area contributed by atoms with Crippen LogP contribution in [-0.4, -0.2) is 28.6 Å². The lowest BCUT2D eigenvalue weighted by molar-refractivity contribution is 0.102. The molecule has 28 heavy (non-hydrogen) atoms. The van der Waals surface area contributed by atoms with Crippen molar-refractivity contribution in [2.24, 2.45) is 0 Å². The molecule has 7 nitrogen and oxygen atoms in total. The highest BCUT2D eigenvalue weighted by atomic mass is 32.1. The van der Waals surface area contributed by atoms with Gasteiger partial charge in [-0.2, -0.15) is 0 Å². The van der Waals surface area contributed by atoms with Gasteiger partial charge in [-0.3, -0.25) is 14.9 Å². The molecule has 0 bridgehead atoms. The van der Waals surface area contributed by atoms with Crippen molar-refractivity contribution in [2.45, 2.75) is 20.3 Å². The van der Waals surface area contributed by atoms with Gasteiger partial charge in [-0.25, -0.2) is 0 Å². The summed E-state index contributed by atoms with van der Waals surface area (Å²) in [6.45, 7) is 4.42. The molecule has 0 spiro atoms. The molecule has 3 rings (SSSR count). The molecule has 0 fully saturated rings. The summed E-state index contributed by atoms with van der Waals surface area (Å²) < 4.78 is 5.38. The highest BCUT2D eigenvalue weighted by Crippen LogP contribution is 2.21. The number of para-hydroxylation sites is 1. The first-order chi connectivity index (χ1) is 13.6. The molecule has 0 aliphatic carbocycles. The molecular formula is C20H20N4O3S. The molecule has 144 valence electrons. The molecule has 1 aromatic heterocycles. The standard InChI is InChI=1S/C20H20N4O3S/c1-3-17-23-24-20(28-17)22-19(26)15-7-5-6-8-16(15)21-18(25)13-9-11-14(12-10-13)27-4-2/h5-12H,3-4H2,1-2H3,(H,21,25)(H,22,24,26). The number of benzene rings is 2. The van der Waals surface area contributed by atoms with Crippen LogP contribution in [0.5, 0.6) is 5.75 Å². The number of carbonyl (C=O) groups excluding carboxylic acids is 2. The van der Waals surface area contributed by atoms with Crippen LogP contribution >= 0.6 is 11.3 Å². The van der Waals surface area contributed by atoms with Gasteiger partial charge in [0.05, 0.1) is 17.9 Å². The number of aryl methyl sites for hydroxylation is 1. The van der Waals surface area contributed by atoms with Gasteiger partial charge in [-0.1, -0.05) is 30.4 Å². The lowest BCUT2D eigenvalue weighted by Crippen LogP contribution is -2.18. The van der Waals surface area contributed by atoms with Gasteiger partial charge in [0.15, 0.2) is 0 Å². The first kappa shape index (κ1) is 19.5. The topological polar surface area (TPSA) is 93.2 Å². The third kappa shape index (κ3) is 4.72. The Balaban J connectivity index is 1.74. The van der Waals surface area contributed by atoms with Gasteiger partial charge in [-0.15, -0.1) is 10.2 Å². The highest BCUT2D eigenvalue weighted by molar-refractivity contribution is 7.15. The monoisotopic (exact) mass is 396 g/mol. The summed E-state index contributed by atoms with van der Waals surface area (Å²) in [5, 5.41) is 14.7. The number of nitrogens with one attached hydrogen (secondary N) is 2. The van der Waals surface area contributed by atoms with Crippen LogP contribution in [0.4, 0.5) is 10.8 Å². The molecule has 3 aromatic rings. The number of nitrogens with zero attached hydrogens (tertiary/aromatic N) is 2. The van der Waals surface area contributed by atoms with Crippen LogP contribution in [0.3, 0.4) is 0 Å². The first-order valence-corrected chi connectivity index (χ1v) is 9.69. The van der Waals surface area contributed by atoms with Crippen molar-refractivity contribution in [2.75, 3.05) is 17.2 Å². The maximum Gasteiger partial charge on any atom is 0.259 e. The zero-order valence-corrected chi connectivity index (χ0v) is 16.4. The van der Waals surface area contributed by atoms with Gasteiger partial charge in [0, 0.05) is 5.56 Å². The molecular weight excluding hydrogens is 376 g/mol. The molecule has 0 saturated carbocycles. The summed E-state index contributed by atoms with van der Waals surface area (Å²) in [4.78, 5) is 25.2. The predicted octanol–water partition coefficient (Wildman–Crippen LogP) is 4.00. The zero-order chi connectivity index (χ0) is 19.9. The number of carbonyl (C=O) groups is 2. The van der Waals surface area contributed by atoms with Gasteiger partial charge in [0.25, 0.3) is 11.8 Å². The second-order valence-electron chi connectivity index (χ2n) is 5.77. The fourth-order valence-corrected chi connectivity index (χ4v) is 3.14. The van der Waals surface area contributed by atoms with Gasteiger partial charge in [0.2, 0.25) is 5.13 Å². The molecule has 0 atom stereocenters. The van der Waals surface area contributed by atoms with Gasteiger partial charge in [0.1, 0.15) is 10.8 Å². The van der Waals surface area contributed by atoms with E-state index in [1.165, 1.54) is 11.3 Å². The van der Waals surface area contributed by atoms with Gasteiger partial charge in [-0.05, 0) is 49.7 Å². The maximum atomic E-state index is 12.6. The molecule has 2 amide bonds. The van der Waals surface area contributed by atoms with Crippen molar-refractivity contribution < 1.29 is 14.3 Å². The van der Waals surface area contributed by atoms with Crippen LogP contribution in [0, 0.1) is 0 Å². The Bertz CT molecular complexity index is 970. The molecule has 1 heterocycles. The van der Waals surface area contributed by atoms with E-state index in [4.69, 9.17) is 4.74 Å². The molecule has 0 saturated heterocycles. The van der Waals surface area contributed by atoms with Gasteiger partial charge < -0.3 is 10.1 Å².